The first-order valence-corrected chi connectivity index (χ1v) is 11.8. The van der Waals surface area contributed by atoms with Gasteiger partial charge in [-0.2, -0.15) is 0 Å². The van der Waals surface area contributed by atoms with Crippen LogP contribution in [0.25, 0.3) is 16.9 Å². The second-order valence-corrected chi connectivity index (χ2v) is 8.88. The molecule has 0 radical (unpaired) electrons. The van der Waals surface area contributed by atoms with Crippen molar-refractivity contribution in [2.75, 3.05) is 7.11 Å². The summed E-state index contributed by atoms with van der Waals surface area (Å²) in [5.41, 5.74) is 7.79. The average molecular weight is 473 g/mol. The number of ether oxygens (including phenoxy) is 1. The molecular formula is C29H29ClN2O2. The van der Waals surface area contributed by atoms with Crippen molar-refractivity contribution in [2.24, 2.45) is 0 Å². The fourth-order valence-electron chi connectivity index (χ4n) is 4.00. The van der Waals surface area contributed by atoms with E-state index in [1.165, 1.54) is 11.1 Å². The minimum atomic E-state index is 0.0359. The highest BCUT2D eigenvalue weighted by Gasteiger charge is 2.14. The number of benzene rings is 3. The van der Waals surface area contributed by atoms with Gasteiger partial charge in [-0.1, -0.05) is 41.9 Å². The molecule has 0 unspecified atom stereocenters. The van der Waals surface area contributed by atoms with Crippen LogP contribution in [0.4, 0.5) is 0 Å². The van der Waals surface area contributed by atoms with Crippen LogP contribution >= 0.6 is 11.6 Å². The molecule has 174 valence electrons. The standard InChI is InChI=1S/C29H29ClN2O2/c1-20-4-5-22(18-21(20)2)19-31-29(33)17-13-26-12-16-28(23-6-8-24(30)9-7-23)32(26)25-10-14-27(34-3)15-11-25/h4-12,14-16,18H,13,17,19H2,1-3H3,(H,31,33). The molecule has 0 bridgehead atoms. The van der Waals surface area contributed by atoms with Gasteiger partial charge in [-0.15, -0.1) is 0 Å². The number of methoxy groups -OCH3 is 1. The van der Waals surface area contributed by atoms with Gasteiger partial charge in [0.25, 0.3) is 0 Å². The predicted molar refractivity (Wildman–Crippen MR) is 139 cm³/mol. The van der Waals surface area contributed by atoms with Crippen molar-refractivity contribution in [2.45, 2.75) is 33.2 Å². The third-order valence-electron chi connectivity index (χ3n) is 6.10. The topological polar surface area (TPSA) is 43.3 Å². The Morgan fingerprint density at radius 3 is 2.32 bits per heavy atom. The van der Waals surface area contributed by atoms with E-state index in [4.69, 9.17) is 16.3 Å². The van der Waals surface area contributed by atoms with Gasteiger partial charge in [0.15, 0.2) is 0 Å². The van der Waals surface area contributed by atoms with Crippen LogP contribution in [0.3, 0.4) is 0 Å². The maximum atomic E-state index is 12.6. The Labute approximate surface area is 206 Å². The van der Waals surface area contributed by atoms with Gasteiger partial charge < -0.3 is 14.6 Å². The quantitative estimate of drug-likeness (QED) is 0.311. The van der Waals surface area contributed by atoms with Gasteiger partial charge in [0, 0.05) is 29.4 Å². The van der Waals surface area contributed by atoms with Crippen molar-refractivity contribution in [3.63, 3.8) is 0 Å². The third kappa shape index (κ3) is 5.52. The normalized spacial score (nSPS) is 10.8. The fourth-order valence-corrected chi connectivity index (χ4v) is 4.13. The molecular weight excluding hydrogens is 444 g/mol. The number of hydrogen-bond acceptors (Lipinski definition) is 2. The van der Waals surface area contributed by atoms with E-state index in [0.29, 0.717) is 24.4 Å². The first-order valence-electron chi connectivity index (χ1n) is 11.4. The second kappa shape index (κ2) is 10.6. The van der Waals surface area contributed by atoms with E-state index in [-0.39, 0.29) is 5.91 Å². The second-order valence-electron chi connectivity index (χ2n) is 8.45. The molecule has 1 N–H and O–H groups in total. The molecule has 0 fully saturated rings. The van der Waals surface area contributed by atoms with E-state index < -0.39 is 0 Å². The van der Waals surface area contributed by atoms with Gasteiger partial charge in [-0.25, -0.2) is 0 Å². The molecule has 0 spiro atoms. The highest BCUT2D eigenvalue weighted by atomic mass is 35.5. The summed E-state index contributed by atoms with van der Waals surface area (Å²) in [6.45, 7) is 4.72. The van der Waals surface area contributed by atoms with Crippen LogP contribution in [0.1, 0.15) is 28.8 Å². The number of nitrogens with zero attached hydrogens (tertiary/aromatic N) is 1. The summed E-state index contributed by atoms with van der Waals surface area (Å²) in [6.07, 6.45) is 1.03. The van der Waals surface area contributed by atoms with Crippen molar-refractivity contribution in [1.82, 2.24) is 9.88 Å². The Kier molecular flexibility index (Phi) is 7.39. The van der Waals surface area contributed by atoms with Crippen LogP contribution in [-0.4, -0.2) is 17.6 Å². The minimum Gasteiger partial charge on any atom is -0.497 e. The zero-order valence-corrected chi connectivity index (χ0v) is 20.5. The van der Waals surface area contributed by atoms with E-state index in [2.05, 4.69) is 54.1 Å². The summed E-state index contributed by atoms with van der Waals surface area (Å²) < 4.78 is 7.52. The van der Waals surface area contributed by atoms with Gasteiger partial charge in [0.1, 0.15) is 5.75 Å². The number of aromatic nitrogens is 1. The number of aryl methyl sites for hydroxylation is 3. The van der Waals surface area contributed by atoms with E-state index >= 15 is 0 Å². The van der Waals surface area contributed by atoms with Gasteiger partial charge in [-0.3, -0.25) is 4.79 Å². The van der Waals surface area contributed by atoms with Gasteiger partial charge >= 0.3 is 0 Å². The molecule has 34 heavy (non-hydrogen) atoms. The van der Waals surface area contributed by atoms with Crippen molar-refractivity contribution in [3.8, 4) is 22.7 Å². The van der Waals surface area contributed by atoms with Gasteiger partial charge in [-0.05, 0) is 91.1 Å². The molecule has 4 nitrogen and oxygen atoms in total. The molecule has 1 heterocycles. The average Bonchev–Trinajstić information content (AvgIpc) is 3.28. The van der Waals surface area contributed by atoms with Crippen molar-refractivity contribution in [1.29, 1.82) is 0 Å². The lowest BCUT2D eigenvalue weighted by Crippen LogP contribution is -2.23. The monoisotopic (exact) mass is 472 g/mol. The number of nitrogens with one attached hydrogen (secondary N) is 1. The van der Waals surface area contributed by atoms with E-state index in [0.717, 1.165) is 34.0 Å². The van der Waals surface area contributed by atoms with Gasteiger partial charge in [0.05, 0.1) is 12.8 Å². The number of carbonyl (C=O) groups excluding carboxylic acids is 1. The lowest BCUT2D eigenvalue weighted by molar-refractivity contribution is -0.121. The van der Waals surface area contributed by atoms with Crippen LogP contribution < -0.4 is 10.1 Å². The summed E-state index contributed by atoms with van der Waals surface area (Å²) in [7, 11) is 1.66. The van der Waals surface area contributed by atoms with Crippen LogP contribution in [0.15, 0.2) is 78.9 Å². The van der Waals surface area contributed by atoms with Crippen molar-refractivity contribution >= 4 is 17.5 Å². The zero-order valence-electron chi connectivity index (χ0n) is 19.8. The number of hydrogen-bond donors (Lipinski definition) is 1. The highest BCUT2D eigenvalue weighted by Crippen LogP contribution is 2.29. The van der Waals surface area contributed by atoms with E-state index in [1.807, 2.05) is 48.5 Å². The van der Waals surface area contributed by atoms with Gasteiger partial charge in [0.2, 0.25) is 5.91 Å². The Balaban J connectivity index is 1.52. The molecule has 0 atom stereocenters. The summed E-state index contributed by atoms with van der Waals surface area (Å²) in [5.74, 6) is 0.838. The molecule has 0 aliphatic rings. The summed E-state index contributed by atoms with van der Waals surface area (Å²) in [4.78, 5) is 12.6. The van der Waals surface area contributed by atoms with E-state index in [9.17, 15) is 4.79 Å². The Morgan fingerprint density at radius 1 is 0.912 bits per heavy atom. The summed E-state index contributed by atoms with van der Waals surface area (Å²) in [5, 5.41) is 3.76. The van der Waals surface area contributed by atoms with Crippen molar-refractivity contribution < 1.29 is 9.53 Å². The largest absolute Gasteiger partial charge is 0.497 e. The molecule has 0 saturated heterocycles. The molecule has 1 aromatic heterocycles. The molecule has 4 rings (SSSR count). The fraction of sp³-hybridized carbons (Fsp3) is 0.207. The number of rotatable bonds is 8. The number of carbonyl (C=O) groups is 1. The lowest BCUT2D eigenvalue weighted by atomic mass is 10.1. The molecule has 0 saturated carbocycles. The third-order valence-corrected chi connectivity index (χ3v) is 6.35. The predicted octanol–water partition coefficient (Wildman–Crippen LogP) is 6.67. The Bertz CT molecular complexity index is 1270. The Hall–Kier alpha value is -3.50. The van der Waals surface area contributed by atoms with E-state index in [1.54, 1.807) is 7.11 Å². The molecule has 0 aliphatic heterocycles. The molecule has 0 aliphatic carbocycles. The number of amides is 1. The summed E-state index contributed by atoms with van der Waals surface area (Å²) >= 11 is 6.10. The maximum Gasteiger partial charge on any atom is 0.220 e. The maximum absolute atomic E-state index is 12.6. The molecule has 1 amide bonds. The lowest BCUT2D eigenvalue weighted by Gasteiger charge is -2.15. The highest BCUT2D eigenvalue weighted by molar-refractivity contribution is 6.30. The first kappa shape index (κ1) is 23.7. The molecule has 5 heteroatoms. The van der Waals surface area contributed by atoms with Crippen LogP contribution in [0.5, 0.6) is 5.75 Å². The SMILES string of the molecule is COc1ccc(-n2c(CCC(=O)NCc3ccc(C)c(C)c3)ccc2-c2ccc(Cl)cc2)cc1. The van der Waals surface area contributed by atoms with Crippen LogP contribution in [0.2, 0.25) is 5.02 Å². The van der Waals surface area contributed by atoms with Crippen LogP contribution in [-0.2, 0) is 17.8 Å². The molecule has 4 aromatic rings. The number of halogens is 1. The zero-order chi connectivity index (χ0) is 24.1. The first-order chi connectivity index (χ1) is 16.4. The van der Waals surface area contributed by atoms with Crippen molar-refractivity contribution in [3.05, 3.63) is 106 Å². The van der Waals surface area contributed by atoms with Crippen LogP contribution in [0, 0.1) is 13.8 Å². The summed E-state index contributed by atoms with van der Waals surface area (Å²) in [6, 6.07) is 26.2. The minimum absolute atomic E-state index is 0.0359. The smallest absolute Gasteiger partial charge is 0.220 e. The Morgan fingerprint density at radius 2 is 1.65 bits per heavy atom. The molecule has 3 aromatic carbocycles.